The lowest BCUT2D eigenvalue weighted by Gasteiger charge is -1.95. The number of hydrogen-bond donors (Lipinski definition) is 1. The summed E-state index contributed by atoms with van der Waals surface area (Å²) in [5.74, 6) is -2.46. The Balaban J connectivity index is 3.00. The third-order valence-corrected chi connectivity index (χ3v) is 1.36. The summed E-state index contributed by atoms with van der Waals surface area (Å²) in [5.41, 5.74) is -0.0811. The lowest BCUT2D eigenvalue weighted by atomic mass is 10.2. The van der Waals surface area contributed by atoms with Crippen LogP contribution in [0.15, 0.2) is 24.3 Å². The predicted octanol–water partition coefficient (Wildman–Crippen LogP) is 2.06. The summed E-state index contributed by atoms with van der Waals surface area (Å²) in [6.45, 7) is 0. The maximum atomic E-state index is 12.8. The minimum Gasteiger partial charge on any atom is -0.478 e. The molecule has 0 amide bonds. The number of halogens is 2. The molecular weight excluding hydrogens is 178 g/mol. The minimum atomic E-state index is -1.20. The van der Waals surface area contributed by atoms with E-state index in [9.17, 15) is 13.6 Å². The maximum absolute atomic E-state index is 12.8. The van der Waals surface area contributed by atoms with Gasteiger partial charge in [-0.15, -0.1) is 0 Å². The summed E-state index contributed by atoms with van der Waals surface area (Å²) in [5, 5.41) is 8.23. The van der Waals surface area contributed by atoms with E-state index in [0.29, 0.717) is 0 Å². The van der Waals surface area contributed by atoms with Gasteiger partial charge in [0.05, 0.1) is 0 Å². The van der Waals surface area contributed by atoms with Crippen molar-refractivity contribution >= 4 is 12.0 Å². The van der Waals surface area contributed by atoms with E-state index in [-0.39, 0.29) is 5.56 Å². The lowest BCUT2D eigenvalue weighted by Crippen LogP contribution is -1.88. The molecule has 0 spiro atoms. The SMILES string of the molecule is O=C(O)/C=C\c1cc(F)ccc1F. The normalized spacial score (nSPS) is 10.6. The van der Waals surface area contributed by atoms with Crippen LogP contribution < -0.4 is 0 Å². The van der Waals surface area contributed by atoms with E-state index in [0.717, 1.165) is 30.4 Å². The van der Waals surface area contributed by atoms with Gasteiger partial charge < -0.3 is 5.11 Å². The van der Waals surface area contributed by atoms with Gasteiger partial charge in [-0.1, -0.05) is 0 Å². The molecule has 0 radical (unpaired) electrons. The Morgan fingerprint density at radius 2 is 2.08 bits per heavy atom. The van der Waals surface area contributed by atoms with Crippen LogP contribution in [-0.4, -0.2) is 11.1 Å². The van der Waals surface area contributed by atoms with Crippen molar-refractivity contribution in [1.29, 1.82) is 0 Å². The van der Waals surface area contributed by atoms with Crippen LogP contribution in [0.5, 0.6) is 0 Å². The van der Waals surface area contributed by atoms with Gasteiger partial charge in [-0.2, -0.15) is 0 Å². The number of benzene rings is 1. The van der Waals surface area contributed by atoms with Crippen LogP contribution in [0.1, 0.15) is 5.56 Å². The number of carbonyl (C=O) groups is 1. The molecule has 0 saturated carbocycles. The summed E-state index contributed by atoms with van der Waals surface area (Å²) in [4.78, 5) is 10.1. The highest BCUT2D eigenvalue weighted by Crippen LogP contribution is 2.10. The quantitative estimate of drug-likeness (QED) is 0.714. The van der Waals surface area contributed by atoms with E-state index < -0.39 is 17.6 Å². The second-order valence-electron chi connectivity index (χ2n) is 2.34. The van der Waals surface area contributed by atoms with Crippen LogP contribution in [-0.2, 0) is 4.79 Å². The molecule has 0 bridgehead atoms. The summed E-state index contributed by atoms with van der Waals surface area (Å²) in [7, 11) is 0. The van der Waals surface area contributed by atoms with Crippen LogP contribution in [0.4, 0.5) is 8.78 Å². The second-order valence-corrected chi connectivity index (χ2v) is 2.34. The van der Waals surface area contributed by atoms with Crippen LogP contribution >= 0.6 is 0 Å². The number of aliphatic carboxylic acids is 1. The topological polar surface area (TPSA) is 37.3 Å². The van der Waals surface area contributed by atoms with Crippen molar-refractivity contribution in [2.45, 2.75) is 0 Å². The number of hydrogen-bond acceptors (Lipinski definition) is 1. The molecule has 0 aromatic heterocycles. The van der Waals surface area contributed by atoms with Gasteiger partial charge in [0.1, 0.15) is 11.6 Å². The fourth-order valence-corrected chi connectivity index (χ4v) is 0.803. The summed E-state index contributed by atoms with van der Waals surface area (Å²) >= 11 is 0. The molecule has 2 nitrogen and oxygen atoms in total. The molecule has 68 valence electrons. The smallest absolute Gasteiger partial charge is 0.328 e. The number of carboxylic acid groups (broad SMARTS) is 1. The van der Waals surface area contributed by atoms with Gasteiger partial charge in [-0.05, 0) is 24.3 Å². The summed E-state index contributed by atoms with van der Waals surface area (Å²) < 4.78 is 25.3. The molecule has 0 fully saturated rings. The largest absolute Gasteiger partial charge is 0.478 e. The zero-order chi connectivity index (χ0) is 9.84. The zero-order valence-electron chi connectivity index (χ0n) is 6.50. The molecule has 0 unspecified atom stereocenters. The highest BCUT2D eigenvalue weighted by atomic mass is 19.1. The second kappa shape index (κ2) is 3.80. The molecule has 4 heteroatoms. The van der Waals surface area contributed by atoms with Crippen LogP contribution in [0.2, 0.25) is 0 Å². The number of carboxylic acids is 1. The Bertz CT molecular complexity index is 359. The lowest BCUT2D eigenvalue weighted by molar-refractivity contribution is -0.131. The molecule has 1 aromatic carbocycles. The monoisotopic (exact) mass is 184 g/mol. The predicted molar refractivity (Wildman–Crippen MR) is 43.0 cm³/mol. The van der Waals surface area contributed by atoms with Crippen LogP contribution in [0, 0.1) is 11.6 Å². The van der Waals surface area contributed by atoms with Crippen molar-refractivity contribution < 1.29 is 18.7 Å². The van der Waals surface area contributed by atoms with Gasteiger partial charge in [-0.25, -0.2) is 13.6 Å². The van der Waals surface area contributed by atoms with Crippen molar-refractivity contribution in [3.05, 3.63) is 41.5 Å². The first-order valence-electron chi connectivity index (χ1n) is 3.45. The molecule has 1 N–H and O–H groups in total. The molecule has 0 aliphatic heterocycles. The maximum Gasteiger partial charge on any atom is 0.328 e. The first kappa shape index (κ1) is 9.38. The highest BCUT2D eigenvalue weighted by Gasteiger charge is 2.00. The molecule has 0 saturated heterocycles. The van der Waals surface area contributed by atoms with Gasteiger partial charge in [-0.3, -0.25) is 0 Å². The average Bonchev–Trinajstić information content (AvgIpc) is 2.06. The molecule has 0 heterocycles. The molecule has 0 aliphatic carbocycles. The van der Waals surface area contributed by atoms with E-state index in [2.05, 4.69) is 0 Å². The van der Waals surface area contributed by atoms with Crippen molar-refractivity contribution in [3.8, 4) is 0 Å². The Morgan fingerprint density at radius 3 is 2.69 bits per heavy atom. The van der Waals surface area contributed by atoms with Crippen molar-refractivity contribution in [2.24, 2.45) is 0 Å². The van der Waals surface area contributed by atoms with Crippen molar-refractivity contribution in [2.75, 3.05) is 0 Å². The van der Waals surface area contributed by atoms with Crippen LogP contribution in [0.25, 0.3) is 6.08 Å². The highest BCUT2D eigenvalue weighted by molar-refractivity contribution is 5.85. The van der Waals surface area contributed by atoms with E-state index in [1.807, 2.05) is 0 Å². The Hall–Kier alpha value is -1.71. The first-order valence-corrected chi connectivity index (χ1v) is 3.45. The fraction of sp³-hybridized carbons (Fsp3) is 0. The zero-order valence-corrected chi connectivity index (χ0v) is 6.50. The van der Waals surface area contributed by atoms with E-state index >= 15 is 0 Å². The Labute approximate surface area is 73.1 Å². The Kier molecular flexibility index (Phi) is 2.74. The average molecular weight is 184 g/mol. The number of rotatable bonds is 2. The molecule has 0 aliphatic rings. The summed E-state index contributed by atoms with van der Waals surface area (Å²) in [6, 6.07) is 2.83. The van der Waals surface area contributed by atoms with Crippen molar-refractivity contribution in [1.82, 2.24) is 0 Å². The van der Waals surface area contributed by atoms with Gasteiger partial charge in [0, 0.05) is 11.6 Å². The molecule has 1 rings (SSSR count). The molecular formula is C9H6F2O2. The standard InChI is InChI=1S/C9H6F2O2/c10-7-2-3-8(11)6(5-7)1-4-9(12)13/h1-5H,(H,12,13)/b4-1-. The molecule has 0 atom stereocenters. The molecule has 13 heavy (non-hydrogen) atoms. The van der Waals surface area contributed by atoms with E-state index in [1.165, 1.54) is 0 Å². The van der Waals surface area contributed by atoms with Gasteiger partial charge >= 0.3 is 5.97 Å². The third-order valence-electron chi connectivity index (χ3n) is 1.36. The Morgan fingerprint density at radius 1 is 1.38 bits per heavy atom. The minimum absolute atomic E-state index is 0.0811. The van der Waals surface area contributed by atoms with E-state index in [4.69, 9.17) is 5.11 Å². The van der Waals surface area contributed by atoms with Gasteiger partial charge in [0.25, 0.3) is 0 Å². The third kappa shape index (κ3) is 2.66. The van der Waals surface area contributed by atoms with Crippen LogP contribution in [0.3, 0.4) is 0 Å². The fourth-order valence-electron chi connectivity index (χ4n) is 0.803. The molecule has 1 aromatic rings. The summed E-state index contributed by atoms with van der Waals surface area (Å²) in [6.07, 6.45) is 1.75. The van der Waals surface area contributed by atoms with Crippen molar-refractivity contribution in [3.63, 3.8) is 0 Å². The van der Waals surface area contributed by atoms with Gasteiger partial charge in [0.15, 0.2) is 0 Å². The van der Waals surface area contributed by atoms with E-state index in [1.54, 1.807) is 0 Å². The van der Waals surface area contributed by atoms with Gasteiger partial charge in [0.2, 0.25) is 0 Å². The first-order chi connectivity index (χ1) is 6.09.